The van der Waals surface area contributed by atoms with Gasteiger partial charge in [-0.25, -0.2) is 5.01 Å². The Hall–Kier alpha value is -3.06. The van der Waals surface area contributed by atoms with Gasteiger partial charge in [0.05, 0.1) is 6.42 Å². The van der Waals surface area contributed by atoms with E-state index in [0.29, 0.717) is 5.92 Å². The first-order valence-electron chi connectivity index (χ1n) is 10.9. The van der Waals surface area contributed by atoms with E-state index in [1.807, 2.05) is 0 Å². The molecule has 1 aliphatic rings. The Kier molecular flexibility index (Phi) is 8.29. The molecular formula is C24H32N6O. The van der Waals surface area contributed by atoms with Crippen molar-refractivity contribution in [3.05, 3.63) is 71.8 Å². The van der Waals surface area contributed by atoms with Gasteiger partial charge in [0.25, 0.3) is 0 Å². The zero-order valence-corrected chi connectivity index (χ0v) is 18.1. The first kappa shape index (κ1) is 22.6. The molecule has 1 aliphatic heterocycles. The molecule has 3 rings (SSSR count). The van der Waals surface area contributed by atoms with Gasteiger partial charge in [0.1, 0.15) is 5.84 Å². The second kappa shape index (κ2) is 11.4. The molecular weight excluding hydrogens is 388 g/mol. The molecule has 3 N–H and O–H groups in total. The number of nitrogens with zero attached hydrogens (tertiary/aromatic N) is 3. The van der Waals surface area contributed by atoms with Crippen LogP contribution in [-0.2, 0) is 4.79 Å². The lowest BCUT2D eigenvalue weighted by molar-refractivity contribution is -0.121. The molecule has 0 aliphatic carbocycles. The average molecular weight is 421 g/mol. The van der Waals surface area contributed by atoms with Gasteiger partial charge in [0, 0.05) is 32.1 Å². The fourth-order valence-corrected chi connectivity index (χ4v) is 4.11. The molecule has 0 bridgehead atoms. The minimum atomic E-state index is -0.174. The van der Waals surface area contributed by atoms with Crippen LogP contribution in [0.5, 0.6) is 0 Å². The summed E-state index contributed by atoms with van der Waals surface area (Å²) in [5.74, 6) is 0.232. The summed E-state index contributed by atoms with van der Waals surface area (Å²) < 4.78 is 0. The van der Waals surface area contributed by atoms with E-state index < -0.39 is 0 Å². The zero-order valence-electron chi connectivity index (χ0n) is 18.1. The number of nitrogens with one attached hydrogen (secondary N) is 3. The fraction of sp³-hybridized carbons (Fsp3) is 0.417. The Balaban J connectivity index is 1.48. The van der Waals surface area contributed by atoms with Gasteiger partial charge < -0.3 is 10.2 Å². The van der Waals surface area contributed by atoms with Crippen LogP contribution in [0.3, 0.4) is 0 Å². The summed E-state index contributed by atoms with van der Waals surface area (Å²) in [6.45, 7) is 2.94. The minimum Gasteiger partial charge on any atom is -0.353 e. The molecule has 0 atom stereocenters. The van der Waals surface area contributed by atoms with Gasteiger partial charge >= 0.3 is 0 Å². The Labute approximate surface area is 184 Å². The van der Waals surface area contributed by atoms with Crippen LogP contribution in [-0.4, -0.2) is 54.4 Å². The van der Waals surface area contributed by atoms with Gasteiger partial charge in [-0.05, 0) is 36.9 Å². The number of amidine groups is 1. The number of carbonyl (C=O) groups excluding carboxylic acids is 1. The van der Waals surface area contributed by atoms with E-state index in [4.69, 9.17) is 10.9 Å². The fourth-order valence-electron chi connectivity index (χ4n) is 4.11. The molecule has 2 aromatic carbocycles. The Morgan fingerprint density at radius 3 is 2.16 bits per heavy atom. The monoisotopic (exact) mass is 420 g/mol. The largest absolute Gasteiger partial charge is 0.353 e. The van der Waals surface area contributed by atoms with E-state index in [1.54, 1.807) is 0 Å². The van der Waals surface area contributed by atoms with Crippen LogP contribution in [0.25, 0.3) is 0 Å². The number of rotatable bonds is 9. The van der Waals surface area contributed by atoms with Gasteiger partial charge in [0.15, 0.2) is 0 Å². The third-order valence-corrected chi connectivity index (χ3v) is 5.96. The first-order valence-corrected chi connectivity index (χ1v) is 10.9. The summed E-state index contributed by atoms with van der Waals surface area (Å²) in [7, 11) is 1.50. The van der Waals surface area contributed by atoms with Crippen LogP contribution in [0.1, 0.15) is 42.7 Å². The molecule has 7 nitrogen and oxygen atoms in total. The molecule has 1 heterocycles. The number of piperidine rings is 1. The topological polar surface area (TPSA) is 95.6 Å². The predicted molar refractivity (Wildman–Crippen MR) is 122 cm³/mol. The number of benzene rings is 2. The maximum Gasteiger partial charge on any atom is 0.227 e. The molecule has 0 aromatic heterocycles. The van der Waals surface area contributed by atoms with Crippen LogP contribution in [0.2, 0.25) is 0 Å². The van der Waals surface area contributed by atoms with E-state index in [0.717, 1.165) is 43.9 Å². The quantitative estimate of drug-likeness (QED) is 0.247. The molecule has 0 spiro atoms. The molecule has 0 radical (unpaired) electrons. The van der Waals surface area contributed by atoms with Crippen molar-refractivity contribution in [1.82, 2.24) is 15.2 Å². The summed E-state index contributed by atoms with van der Waals surface area (Å²) in [5.41, 5.74) is 9.61. The molecule has 2 aromatic rings. The van der Waals surface area contributed by atoms with Crippen molar-refractivity contribution in [2.45, 2.75) is 37.6 Å². The van der Waals surface area contributed by atoms with Crippen LogP contribution < -0.4 is 5.32 Å². The zero-order chi connectivity index (χ0) is 22.1. The second-order valence-corrected chi connectivity index (χ2v) is 8.09. The first-order chi connectivity index (χ1) is 15.1. The smallest absolute Gasteiger partial charge is 0.227 e. The third kappa shape index (κ3) is 6.72. The third-order valence-electron chi connectivity index (χ3n) is 5.96. The predicted octanol–water partition coefficient (Wildman–Crippen LogP) is 4.03. The molecule has 1 saturated heterocycles. The van der Waals surface area contributed by atoms with Gasteiger partial charge in [-0.3, -0.25) is 10.2 Å². The van der Waals surface area contributed by atoms with Crippen molar-refractivity contribution in [1.29, 1.82) is 10.9 Å². The average Bonchev–Trinajstić information content (AvgIpc) is 2.81. The van der Waals surface area contributed by atoms with Crippen molar-refractivity contribution in [2.24, 2.45) is 5.22 Å². The number of amides is 1. The van der Waals surface area contributed by atoms with Crippen molar-refractivity contribution in [3.63, 3.8) is 0 Å². The highest BCUT2D eigenvalue weighted by atomic mass is 16.1. The maximum absolute atomic E-state index is 12.2. The lowest BCUT2D eigenvalue weighted by Crippen LogP contribution is -2.45. The van der Waals surface area contributed by atoms with Crippen LogP contribution >= 0.6 is 0 Å². The van der Waals surface area contributed by atoms with Crippen LogP contribution in [0.4, 0.5) is 0 Å². The highest BCUT2D eigenvalue weighted by Gasteiger charge is 2.23. The van der Waals surface area contributed by atoms with E-state index in [1.165, 1.54) is 18.2 Å². The Morgan fingerprint density at radius 2 is 1.65 bits per heavy atom. The van der Waals surface area contributed by atoms with Gasteiger partial charge in [-0.15, -0.1) is 0 Å². The lowest BCUT2D eigenvalue weighted by atomic mass is 9.88. The summed E-state index contributed by atoms with van der Waals surface area (Å²) in [4.78, 5) is 14.6. The Morgan fingerprint density at radius 1 is 1.10 bits per heavy atom. The number of hydrogen-bond acceptors (Lipinski definition) is 5. The molecule has 164 valence electrons. The highest BCUT2D eigenvalue weighted by molar-refractivity contribution is 5.98. The summed E-state index contributed by atoms with van der Waals surface area (Å²) >= 11 is 0. The van der Waals surface area contributed by atoms with Crippen LogP contribution in [0.15, 0.2) is 65.9 Å². The normalized spacial score (nSPS) is 14.9. The summed E-state index contributed by atoms with van der Waals surface area (Å²) in [5, 5.41) is 15.0. The summed E-state index contributed by atoms with van der Waals surface area (Å²) in [6, 6.07) is 21.5. The molecule has 0 unspecified atom stereocenters. The van der Waals surface area contributed by atoms with Crippen molar-refractivity contribution in [2.75, 3.05) is 26.7 Å². The summed E-state index contributed by atoms with van der Waals surface area (Å²) in [6.07, 6.45) is 2.85. The lowest BCUT2D eigenvalue weighted by Gasteiger charge is -2.33. The van der Waals surface area contributed by atoms with Crippen molar-refractivity contribution in [3.8, 4) is 0 Å². The van der Waals surface area contributed by atoms with E-state index >= 15 is 0 Å². The SMILES string of the molecule is CN(N=N)C(=N)CC(=O)NC1CCN(CCC(c2ccccc2)c2ccccc2)CC1. The van der Waals surface area contributed by atoms with Crippen molar-refractivity contribution >= 4 is 11.7 Å². The molecule has 1 amide bonds. The van der Waals surface area contributed by atoms with Gasteiger partial charge in [0.2, 0.25) is 5.91 Å². The van der Waals surface area contributed by atoms with E-state index in [-0.39, 0.29) is 24.2 Å². The van der Waals surface area contributed by atoms with E-state index in [2.05, 4.69) is 76.1 Å². The Bertz CT molecular complexity index is 809. The van der Waals surface area contributed by atoms with Gasteiger partial charge in [-0.1, -0.05) is 65.9 Å². The van der Waals surface area contributed by atoms with Crippen molar-refractivity contribution < 1.29 is 4.79 Å². The number of likely N-dealkylation sites (tertiary alicyclic amines) is 1. The molecule has 1 fully saturated rings. The molecule has 0 saturated carbocycles. The number of carbonyl (C=O) groups is 1. The maximum atomic E-state index is 12.2. The van der Waals surface area contributed by atoms with E-state index in [9.17, 15) is 4.79 Å². The van der Waals surface area contributed by atoms with Gasteiger partial charge in [-0.2, -0.15) is 5.53 Å². The van der Waals surface area contributed by atoms with Crippen LogP contribution in [0, 0.1) is 10.9 Å². The highest BCUT2D eigenvalue weighted by Crippen LogP contribution is 2.28. The molecule has 31 heavy (non-hydrogen) atoms. The standard InChI is InChI=1S/C24H32N6O/c1-29(28-26)23(25)18-24(31)27-21-12-15-30(16-13-21)17-14-22(19-8-4-2-5-9-19)20-10-6-3-7-11-20/h2-11,21-22,25-26H,12-18H2,1H3,(H,27,31). The second-order valence-electron chi connectivity index (χ2n) is 8.09. The number of hydrogen-bond donors (Lipinski definition) is 3. The molecule has 7 heteroatoms. The minimum absolute atomic E-state index is 0.0257.